The number of allylic oxidation sites excluding steroid dienone is 1. The topological polar surface area (TPSA) is 52.9 Å². The molecule has 0 unspecified atom stereocenters. The van der Waals surface area contributed by atoms with Crippen LogP contribution in [0, 0.1) is 0 Å². The maximum absolute atomic E-state index is 13.3. The number of thiophene rings is 1. The van der Waals surface area contributed by atoms with E-state index in [4.69, 9.17) is 14.2 Å². The Morgan fingerprint density at radius 2 is 2.11 bits per heavy atom. The van der Waals surface area contributed by atoms with Crippen LogP contribution in [0.4, 0.5) is 0 Å². The van der Waals surface area contributed by atoms with Gasteiger partial charge in [0, 0.05) is 47.2 Å². The first-order valence-electron chi connectivity index (χ1n) is 11.8. The van der Waals surface area contributed by atoms with Gasteiger partial charge in [0.1, 0.15) is 24.0 Å². The number of hydrogen-bond acceptors (Lipinski definition) is 6. The van der Waals surface area contributed by atoms with E-state index in [1.54, 1.807) is 18.4 Å². The molecule has 0 aliphatic carbocycles. The molecular formula is C28H26N2O4S. The Balaban J connectivity index is 1.31. The van der Waals surface area contributed by atoms with Crippen LogP contribution in [0.5, 0.6) is 17.2 Å². The zero-order valence-electron chi connectivity index (χ0n) is 19.7. The fourth-order valence-electron chi connectivity index (χ4n) is 4.82. The highest BCUT2D eigenvalue weighted by Gasteiger charge is 2.33. The highest BCUT2D eigenvalue weighted by atomic mass is 32.1. The number of hydrogen-bond donors (Lipinski definition) is 0. The fraction of sp³-hybridized carbons (Fsp3) is 0.250. The summed E-state index contributed by atoms with van der Waals surface area (Å²) in [4.78, 5) is 16.9. The number of aromatic nitrogens is 1. The number of Topliss-reactive ketones (excluding diaryl/α,β-unsaturated/α-hetero) is 1. The summed E-state index contributed by atoms with van der Waals surface area (Å²) in [6.07, 6.45) is 4.88. The van der Waals surface area contributed by atoms with Crippen molar-refractivity contribution in [1.82, 2.24) is 9.47 Å². The van der Waals surface area contributed by atoms with Gasteiger partial charge < -0.3 is 18.8 Å². The summed E-state index contributed by atoms with van der Waals surface area (Å²) in [7, 11) is 1.66. The van der Waals surface area contributed by atoms with E-state index in [9.17, 15) is 4.79 Å². The molecule has 4 aromatic rings. The Kier molecular flexibility index (Phi) is 5.59. The summed E-state index contributed by atoms with van der Waals surface area (Å²) >= 11 is 1.77. The highest BCUT2D eigenvalue weighted by Crippen LogP contribution is 2.42. The van der Waals surface area contributed by atoms with Gasteiger partial charge in [0.2, 0.25) is 5.78 Å². The van der Waals surface area contributed by atoms with E-state index in [0.717, 1.165) is 53.0 Å². The molecule has 0 radical (unpaired) electrons. The summed E-state index contributed by atoms with van der Waals surface area (Å²) in [5, 5.41) is 3.13. The third-order valence-electron chi connectivity index (χ3n) is 6.68. The van der Waals surface area contributed by atoms with Gasteiger partial charge in [-0.25, -0.2) is 0 Å². The van der Waals surface area contributed by atoms with E-state index in [-0.39, 0.29) is 5.78 Å². The first-order valence-corrected chi connectivity index (χ1v) is 12.7. The summed E-state index contributed by atoms with van der Waals surface area (Å²) in [5.41, 5.74) is 3.56. The first kappa shape index (κ1) is 21.9. The SMILES string of the molecule is CCn1cc(/C=C2/Oc3c(ccc4c3CN(CCc3cccs3)CO4)C2=O)c2cc(OC)ccc21. The molecular weight excluding hydrogens is 460 g/mol. The van der Waals surface area contributed by atoms with Crippen LogP contribution in [0.1, 0.15) is 33.3 Å². The molecule has 0 fully saturated rings. The van der Waals surface area contributed by atoms with Gasteiger partial charge in [0.05, 0.1) is 18.2 Å². The number of fused-ring (bicyclic) bond motifs is 4. The Bertz CT molecular complexity index is 1450. The quantitative estimate of drug-likeness (QED) is 0.325. The highest BCUT2D eigenvalue weighted by molar-refractivity contribution is 7.09. The van der Waals surface area contributed by atoms with E-state index < -0.39 is 0 Å². The minimum atomic E-state index is -0.0983. The lowest BCUT2D eigenvalue weighted by molar-refractivity contribution is 0.0951. The lowest BCUT2D eigenvalue weighted by Gasteiger charge is -2.29. The minimum Gasteiger partial charge on any atom is -0.497 e. The van der Waals surface area contributed by atoms with Crippen molar-refractivity contribution in [1.29, 1.82) is 0 Å². The number of rotatable bonds is 6. The number of ketones is 1. The van der Waals surface area contributed by atoms with Crippen molar-refractivity contribution >= 4 is 34.1 Å². The molecule has 0 spiro atoms. The van der Waals surface area contributed by atoms with Crippen LogP contribution < -0.4 is 14.2 Å². The number of carbonyl (C=O) groups is 1. The normalized spacial score (nSPS) is 16.3. The van der Waals surface area contributed by atoms with Gasteiger partial charge in [-0.05, 0) is 61.2 Å². The number of benzene rings is 2. The van der Waals surface area contributed by atoms with Crippen molar-refractivity contribution in [3.63, 3.8) is 0 Å². The predicted molar refractivity (Wildman–Crippen MR) is 137 cm³/mol. The van der Waals surface area contributed by atoms with Crippen LogP contribution in [-0.4, -0.2) is 35.6 Å². The van der Waals surface area contributed by atoms with Gasteiger partial charge in [-0.1, -0.05) is 6.07 Å². The van der Waals surface area contributed by atoms with Gasteiger partial charge in [-0.3, -0.25) is 9.69 Å². The molecule has 2 aromatic heterocycles. The number of nitrogens with zero attached hydrogens (tertiary/aromatic N) is 2. The van der Waals surface area contributed by atoms with Crippen molar-refractivity contribution in [3.8, 4) is 17.2 Å². The number of methoxy groups -OCH3 is 1. The molecule has 7 heteroatoms. The van der Waals surface area contributed by atoms with Gasteiger partial charge >= 0.3 is 0 Å². The van der Waals surface area contributed by atoms with Crippen molar-refractivity contribution in [2.45, 2.75) is 26.4 Å². The van der Waals surface area contributed by atoms with E-state index in [0.29, 0.717) is 30.3 Å². The minimum absolute atomic E-state index is 0.0983. The van der Waals surface area contributed by atoms with Crippen molar-refractivity contribution in [2.75, 3.05) is 20.4 Å². The molecule has 0 saturated carbocycles. The third-order valence-corrected chi connectivity index (χ3v) is 7.62. The Morgan fingerprint density at radius 3 is 2.91 bits per heavy atom. The van der Waals surface area contributed by atoms with Crippen LogP contribution in [0.2, 0.25) is 0 Å². The molecule has 2 aliphatic heterocycles. The molecule has 0 bridgehead atoms. The van der Waals surface area contributed by atoms with Gasteiger partial charge in [0.15, 0.2) is 5.76 Å². The van der Waals surface area contributed by atoms with E-state index in [2.05, 4.69) is 40.1 Å². The zero-order valence-corrected chi connectivity index (χ0v) is 20.6. The van der Waals surface area contributed by atoms with Gasteiger partial charge in [-0.2, -0.15) is 0 Å². The summed E-state index contributed by atoms with van der Waals surface area (Å²) in [6.45, 7) is 5.04. The van der Waals surface area contributed by atoms with Crippen LogP contribution in [-0.2, 0) is 19.5 Å². The van der Waals surface area contributed by atoms with Crippen LogP contribution in [0.15, 0.2) is 59.8 Å². The Hall–Kier alpha value is -3.55. The molecule has 2 aromatic carbocycles. The molecule has 2 aliphatic rings. The molecule has 4 heterocycles. The Labute approximate surface area is 207 Å². The van der Waals surface area contributed by atoms with Crippen molar-refractivity contribution in [2.24, 2.45) is 0 Å². The zero-order chi connectivity index (χ0) is 23.9. The molecule has 35 heavy (non-hydrogen) atoms. The van der Waals surface area contributed by atoms with Crippen LogP contribution in [0.25, 0.3) is 17.0 Å². The second-order valence-corrected chi connectivity index (χ2v) is 9.80. The van der Waals surface area contributed by atoms with Crippen LogP contribution in [0.3, 0.4) is 0 Å². The summed E-state index contributed by atoms with van der Waals surface area (Å²) in [5.74, 6) is 2.43. The van der Waals surface area contributed by atoms with E-state index in [1.165, 1.54) is 4.88 Å². The predicted octanol–water partition coefficient (Wildman–Crippen LogP) is 5.74. The molecule has 6 nitrogen and oxygen atoms in total. The fourth-order valence-corrected chi connectivity index (χ4v) is 5.52. The average Bonchev–Trinajstić information content (AvgIpc) is 3.61. The second-order valence-electron chi connectivity index (χ2n) is 8.77. The first-order chi connectivity index (χ1) is 17.1. The van der Waals surface area contributed by atoms with Crippen LogP contribution >= 0.6 is 11.3 Å². The lowest BCUT2D eigenvalue weighted by Crippen LogP contribution is -2.33. The number of carbonyl (C=O) groups excluding carboxylic acids is 1. The van der Waals surface area contributed by atoms with E-state index in [1.807, 2.05) is 36.4 Å². The Morgan fingerprint density at radius 1 is 1.20 bits per heavy atom. The van der Waals surface area contributed by atoms with E-state index >= 15 is 0 Å². The molecule has 0 amide bonds. The number of ether oxygens (including phenoxy) is 3. The molecule has 0 N–H and O–H groups in total. The van der Waals surface area contributed by atoms with Gasteiger partial charge in [-0.15, -0.1) is 11.3 Å². The standard InChI is InChI=1S/C28H26N2O4S/c1-3-30-15-18(22-14-19(32-2)6-8-24(22)30)13-26-27(31)21-7-9-25-23(28(21)34-26)16-29(17-33-25)11-10-20-5-4-12-35-20/h4-9,12-15H,3,10-11,16-17H2,1-2H3/b26-13+. The van der Waals surface area contributed by atoms with Crippen molar-refractivity contribution < 1.29 is 19.0 Å². The molecule has 6 rings (SSSR count). The molecule has 0 saturated heterocycles. The monoisotopic (exact) mass is 486 g/mol. The summed E-state index contributed by atoms with van der Waals surface area (Å²) in [6, 6.07) is 13.9. The molecule has 178 valence electrons. The third kappa shape index (κ3) is 3.90. The largest absolute Gasteiger partial charge is 0.497 e. The average molecular weight is 487 g/mol. The molecule has 0 atom stereocenters. The maximum Gasteiger partial charge on any atom is 0.231 e. The maximum atomic E-state index is 13.3. The van der Waals surface area contributed by atoms with Gasteiger partial charge in [0.25, 0.3) is 0 Å². The van der Waals surface area contributed by atoms with Crippen molar-refractivity contribution in [3.05, 3.63) is 81.4 Å². The second kappa shape index (κ2) is 8.91. The lowest BCUT2D eigenvalue weighted by atomic mass is 10.0. The number of aryl methyl sites for hydroxylation is 1. The summed E-state index contributed by atoms with van der Waals surface area (Å²) < 4.78 is 19.9. The smallest absolute Gasteiger partial charge is 0.231 e.